The maximum absolute atomic E-state index is 14.0. The predicted octanol–water partition coefficient (Wildman–Crippen LogP) is 9.60. The van der Waals surface area contributed by atoms with Gasteiger partial charge in [-0.2, -0.15) is 27.0 Å². The smallest absolute Gasteiger partial charge is 0.870 e. The van der Waals surface area contributed by atoms with Crippen LogP contribution in [0.2, 0.25) is 0 Å². The number of pyridine rings is 2. The van der Waals surface area contributed by atoms with Crippen LogP contribution in [0, 0.1) is 39.5 Å². The summed E-state index contributed by atoms with van der Waals surface area (Å²) < 4.78 is 8.14. The molecule has 0 aliphatic rings. The number of ketones is 2. The second kappa shape index (κ2) is 37.5. The van der Waals surface area contributed by atoms with Crippen molar-refractivity contribution >= 4 is 50.5 Å². The Morgan fingerprint density at radius 3 is 1.18 bits per heavy atom. The third kappa shape index (κ3) is 23.3. The van der Waals surface area contributed by atoms with Gasteiger partial charge in [0.15, 0.2) is 11.6 Å². The molecule has 6 rings (SSSR count). The van der Waals surface area contributed by atoms with Gasteiger partial charge in [-0.25, -0.2) is 0 Å². The Labute approximate surface area is 519 Å². The molecule has 0 saturated carbocycles. The number of Topliss-reactive ketones (excluding diaryl/α,β-unsaturated/α-hetero) is 2. The van der Waals surface area contributed by atoms with Crippen molar-refractivity contribution in [1.82, 2.24) is 18.9 Å². The summed E-state index contributed by atoms with van der Waals surface area (Å²) in [6.07, 6.45) is 4.74. The molecule has 2 unspecified atom stereocenters. The van der Waals surface area contributed by atoms with Crippen molar-refractivity contribution in [2.75, 3.05) is 35.3 Å². The van der Waals surface area contributed by atoms with Crippen molar-refractivity contribution in [3.8, 4) is 22.3 Å². The number of carbonyl (C=O) groups excluding carboxylic acids is 3. The number of carboxylic acid groups (broad SMARTS) is 1. The number of aliphatic carboxylic acids is 1. The number of hydrogen-bond donors (Lipinski definition) is 1. The Kier molecular flexibility index (Phi) is 35.8. The van der Waals surface area contributed by atoms with Crippen molar-refractivity contribution in [3.63, 3.8) is 0 Å². The summed E-state index contributed by atoms with van der Waals surface area (Å²) in [7, 11) is 9.21. The summed E-state index contributed by atoms with van der Waals surface area (Å²) in [6, 6.07) is 33.7. The number of hydrogen-bond acceptors (Lipinski definition) is 11. The molecule has 2 aromatic heterocycles. The van der Waals surface area contributed by atoms with E-state index in [4.69, 9.17) is 4.74 Å². The monoisotopic (exact) mass is 1170 g/mol. The fraction of sp³-hybridized carbons (Fsp3) is 0.424. The average molecular weight is 1170 g/mol. The molecule has 14 nitrogen and oxygen atoms in total. The van der Waals surface area contributed by atoms with Gasteiger partial charge in [0.05, 0.1) is 32.0 Å². The number of methoxy groups -OCH3 is 1. The zero-order chi connectivity index (χ0) is 56.7. The molecule has 0 aliphatic heterocycles. The Hall–Kier alpha value is -5.80. The van der Waals surface area contributed by atoms with Gasteiger partial charge < -0.3 is 39.7 Å². The van der Waals surface area contributed by atoms with Crippen LogP contribution in [-0.4, -0.2) is 93.8 Å². The molecular weight excluding hydrogens is 1080 g/mol. The minimum atomic E-state index is -0.953. The number of ether oxygens (including phenoxy) is 1. The Morgan fingerprint density at radius 2 is 0.867 bits per heavy atom. The van der Waals surface area contributed by atoms with Gasteiger partial charge in [-0.3, -0.25) is 28.8 Å². The molecule has 83 heavy (non-hydrogen) atoms. The van der Waals surface area contributed by atoms with Gasteiger partial charge in [0.25, 0.3) is 11.1 Å². The van der Waals surface area contributed by atoms with Crippen molar-refractivity contribution in [1.29, 1.82) is 0 Å². The zero-order valence-corrected chi connectivity index (χ0v) is 52.7. The van der Waals surface area contributed by atoms with E-state index in [1.165, 1.54) is 24.3 Å². The van der Waals surface area contributed by atoms with Crippen molar-refractivity contribution < 1.29 is 58.8 Å². The molecule has 4 atom stereocenters. The van der Waals surface area contributed by atoms with Gasteiger partial charge in [0.2, 0.25) is 0 Å². The summed E-state index contributed by atoms with van der Waals surface area (Å²) >= 11 is 0. The van der Waals surface area contributed by atoms with E-state index in [1.54, 1.807) is 27.5 Å². The van der Waals surface area contributed by atoms with Gasteiger partial charge >= 0.3 is 30.8 Å². The molecular formula is C66H92LiN4O10S2-. The van der Waals surface area contributed by atoms with Gasteiger partial charge in [-0.1, -0.05) is 132 Å². The topological polar surface area (TPSA) is 208 Å². The molecule has 0 spiro atoms. The molecule has 0 bridgehead atoms. The number of nitrogens with zero attached hydrogens (tertiary/aromatic N) is 4. The fourth-order valence-electron chi connectivity index (χ4n) is 10.5. The quantitative estimate of drug-likeness (QED) is 0.0444. The van der Waals surface area contributed by atoms with Crippen LogP contribution in [-0.2, 0) is 37.0 Å². The van der Waals surface area contributed by atoms with Crippen LogP contribution in [0.15, 0.2) is 131 Å². The van der Waals surface area contributed by atoms with Crippen LogP contribution < -0.4 is 30.0 Å². The molecule has 6 aromatic rings. The van der Waals surface area contributed by atoms with E-state index in [0.29, 0.717) is 25.9 Å². The summed E-state index contributed by atoms with van der Waals surface area (Å²) in [5.41, 5.74) is 12.2. The maximum atomic E-state index is 14.0. The molecule has 4 aromatic carbocycles. The van der Waals surface area contributed by atoms with E-state index >= 15 is 0 Å². The first-order valence-corrected chi connectivity index (χ1v) is 26.8. The van der Waals surface area contributed by atoms with E-state index < -0.39 is 24.0 Å². The largest absolute Gasteiger partial charge is 1.00 e. The number of carbonyl (C=O) groups is 4. The number of esters is 1. The molecule has 0 radical (unpaired) electrons. The SMILES string of the molecule is C.COC(=O)C[C@H](CC(=O)C(CC(C)C)n1cc(CN(C)C)ccc1=O)c1cccc(-c2c(C)cccc2C)c1.Cc1cccc(C)c1-c1cccc([C@H](CC(=O)O)CC(=O)C(CC(C)C)n2cc(CN(C)C)ccc2=O)c1.S.S.[Li+].[OH-].[OH-]. The fourth-order valence-corrected chi connectivity index (χ4v) is 10.5. The summed E-state index contributed by atoms with van der Waals surface area (Å²) in [5, 5.41) is 9.73. The number of rotatable bonds is 24. The van der Waals surface area contributed by atoms with Gasteiger partial charge in [-0.05, 0) is 147 Å². The third-order valence-corrected chi connectivity index (χ3v) is 14.0. The first-order valence-electron chi connectivity index (χ1n) is 26.8. The minimum Gasteiger partial charge on any atom is -0.870 e. The second-order valence-electron chi connectivity index (χ2n) is 22.2. The van der Waals surface area contributed by atoms with Crippen molar-refractivity contribution in [2.24, 2.45) is 11.8 Å². The van der Waals surface area contributed by atoms with Gasteiger partial charge in [0, 0.05) is 62.3 Å². The number of carboxylic acids is 1. The zero-order valence-electron chi connectivity index (χ0n) is 50.7. The summed E-state index contributed by atoms with van der Waals surface area (Å²) in [6.45, 7) is 17.8. The molecule has 0 amide bonds. The van der Waals surface area contributed by atoms with Gasteiger partial charge in [0.1, 0.15) is 0 Å². The van der Waals surface area contributed by atoms with Crippen molar-refractivity contribution in [3.05, 3.63) is 187 Å². The second-order valence-corrected chi connectivity index (χ2v) is 22.2. The third-order valence-electron chi connectivity index (χ3n) is 14.0. The van der Waals surface area contributed by atoms with Crippen LogP contribution >= 0.6 is 27.0 Å². The van der Waals surface area contributed by atoms with E-state index in [-0.39, 0.29) is 136 Å². The first kappa shape index (κ1) is 79.3. The maximum Gasteiger partial charge on any atom is 1.00 e. The molecule has 17 heteroatoms. The summed E-state index contributed by atoms with van der Waals surface area (Å²) in [4.78, 5) is 82.0. The van der Waals surface area contributed by atoms with Crippen LogP contribution in [0.5, 0.6) is 0 Å². The Bertz CT molecular complexity index is 3100. The van der Waals surface area contributed by atoms with E-state index in [2.05, 4.69) is 77.9 Å². The van der Waals surface area contributed by atoms with Crippen molar-refractivity contribution in [2.45, 2.75) is 138 Å². The van der Waals surface area contributed by atoms with Crippen LogP contribution in [0.1, 0.15) is 142 Å². The molecule has 0 saturated heterocycles. The predicted molar refractivity (Wildman–Crippen MR) is 341 cm³/mol. The average Bonchev–Trinajstić information content (AvgIpc) is 3.35. The minimum absolute atomic E-state index is 0. The summed E-state index contributed by atoms with van der Waals surface area (Å²) in [5.74, 6) is -1.98. The Morgan fingerprint density at radius 1 is 0.530 bits per heavy atom. The van der Waals surface area contributed by atoms with Crippen LogP contribution in [0.25, 0.3) is 22.3 Å². The molecule has 3 N–H and O–H groups in total. The van der Waals surface area contributed by atoms with E-state index in [0.717, 1.165) is 55.6 Å². The number of aromatic nitrogens is 2. The van der Waals surface area contributed by atoms with Crippen LogP contribution in [0.3, 0.4) is 0 Å². The standard InChI is InChI=1S/C33H42N2O4.C32H40N2O4.CH4.Li.2H2O.2H2S/c1-22(2)16-29(35-21-25(20-34(5)6)14-15-31(35)37)30(36)18-28(19-32(38)39-7)26-12-9-13-27(17-26)33-23(3)10-8-11-24(33)4;1-21(2)15-28(34-20-24(19-33(5)6)13-14-30(34)36)29(35)17-27(18-31(37)38)25-11-8-12-26(16-25)32-22(3)9-7-10-23(32)4;;;;;;/h8-15,17,21-22,28-29H,16,18-20H2,1-7H3;7-14,16,20-21,27-28H,15,17-19H2,1-6H3,(H,37,38);1H4;;4*1H2/q;;;+1;;;;/p-2/t28-,29?;27-,28?;;;;;;/m00....../s1. The number of aryl methyl sites for hydroxylation is 4. The first-order chi connectivity index (χ1) is 36.4. The molecule has 0 aliphatic carbocycles. The molecule has 450 valence electrons. The number of benzene rings is 4. The van der Waals surface area contributed by atoms with E-state index in [9.17, 15) is 33.9 Å². The molecule has 0 fully saturated rings. The normalized spacial score (nSPS) is 12.1. The molecule has 2 heterocycles. The van der Waals surface area contributed by atoms with E-state index in [1.807, 2.05) is 113 Å². The Balaban J connectivity index is 0. The van der Waals surface area contributed by atoms with Crippen LogP contribution in [0.4, 0.5) is 0 Å². The van der Waals surface area contributed by atoms with Gasteiger partial charge in [-0.15, -0.1) is 0 Å².